The van der Waals surface area contributed by atoms with Crippen molar-refractivity contribution in [2.24, 2.45) is 4.99 Å². The fraction of sp³-hybridized carbons (Fsp3) is 0.588. The number of hydrogen-bond acceptors (Lipinski definition) is 4. The molecule has 0 bridgehead atoms. The highest BCUT2D eigenvalue weighted by Crippen LogP contribution is 2.10. The molecule has 0 aliphatic carbocycles. The molecule has 0 spiro atoms. The molecular formula is C17H28N6O. The summed E-state index contributed by atoms with van der Waals surface area (Å²) < 4.78 is 7.38. The summed E-state index contributed by atoms with van der Waals surface area (Å²) >= 11 is 0. The molecule has 7 heteroatoms. The van der Waals surface area contributed by atoms with Crippen molar-refractivity contribution in [2.75, 3.05) is 19.6 Å². The van der Waals surface area contributed by atoms with Gasteiger partial charge in [0.1, 0.15) is 0 Å². The average Bonchev–Trinajstić information content (AvgIpc) is 3.23. The Morgan fingerprint density at radius 1 is 1.29 bits per heavy atom. The van der Waals surface area contributed by atoms with Gasteiger partial charge in [0.15, 0.2) is 11.8 Å². The van der Waals surface area contributed by atoms with Crippen LogP contribution in [0, 0.1) is 0 Å². The molecule has 7 nitrogen and oxygen atoms in total. The smallest absolute Gasteiger partial charge is 0.226 e. The van der Waals surface area contributed by atoms with Crippen LogP contribution in [0.5, 0.6) is 0 Å². The van der Waals surface area contributed by atoms with Crippen LogP contribution in [0.1, 0.15) is 44.8 Å². The maximum Gasteiger partial charge on any atom is 0.226 e. The lowest BCUT2D eigenvalue weighted by atomic mass is 10.2. The molecular weight excluding hydrogens is 304 g/mol. The van der Waals surface area contributed by atoms with E-state index >= 15 is 0 Å². The van der Waals surface area contributed by atoms with Gasteiger partial charge < -0.3 is 19.7 Å². The number of hydrogen-bond donors (Lipinski definition) is 2. The Balaban J connectivity index is 1.71. The molecule has 0 saturated carbocycles. The first-order chi connectivity index (χ1) is 11.7. The Morgan fingerprint density at radius 3 is 2.75 bits per heavy atom. The van der Waals surface area contributed by atoms with Gasteiger partial charge in [0.25, 0.3) is 0 Å². The van der Waals surface area contributed by atoms with Gasteiger partial charge in [0.05, 0.1) is 0 Å². The number of rotatable bonds is 9. The van der Waals surface area contributed by atoms with Gasteiger partial charge in [-0.15, -0.1) is 0 Å². The van der Waals surface area contributed by atoms with Gasteiger partial charge in [0, 0.05) is 50.9 Å². The fourth-order valence-electron chi connectivity index (χ4n) is 2.19. The van der Waals surface area contributed by atoms with Gasteiger partial charge in [-0.1, -0.05) is 19.0 Å². The number of aryl methyl sites for hydroxylation is 1. The SMILES string of the molecule is CCNC(=NCCCc1nc(C(C)C)no1)NCCn1cccc1. The van der Waals surface area contributed by atoms with Crippen LogP contribution >= 0.6 is 0 Å². The summed E-state index contributed by atoms with van der Waals surface area (Å²) in [6.45, 7) is 9.49. The van der Waals surface area contributed by atoms with E-state index < -0.39 is 0 Å². The molecule has 0 aliphatic heterocycles. The van der Waals surface area contributed by atoms with Crippen molar-refractivity contribution in [1.82, 2.24) is 25.3 Å². The summed E-state index contributed by atoms with van der Waals surface area (Å²) in [5, 5.41) is 10.6. The zero-order valence-electron chi connectivity index (χ0n) is 14.8. The maximum atomic E-state index is 5.24. The molecule has 0 fully saturated rings. The highest BCUT2D eigenvalue weighted by molar-refractivity contribution is 5.79. The summed E-state index contributed by atoms with van der Waals surface area (Å²) in [4.78, 5) is 8.97. The summed E-state index contributed by atoms with van der Waals surface area (Å²) in [6.07, 6.45) is 5.75. The average molecular weight is 332 g/mol. The van der Waals surface area contributed by atoms with E-state index in [2.05, 4.69) is 63.5 Å². The molecule has 132 valence electrons. The number of aromatic nitrogens is 3. The molecule has 2 rings (SSSR count). The molecule has 0 amide bonds. The van der Waals surface area contributed by atoms with Crippen LogP contribution in [0.4, 0.5) is 0 Å². The first-order valence-electron chi connectivity index (χ1n) is 8.64. The third kappa shape index (κ3) is 6.06. The van der Waals surface area contributed by atoms with E-state index in [1.54, 1.807) is 0 Å². The summed E-state index contributed by atoms with van der Waals surface area (Å²) in [5.41, 5.74) is 0. The van der Waals surface area contributed by atoms with Crippen molar-refractivity contribution in [2.45, 2.75) is 46.1 Å². The van der Waals surface area contributed by atoms with Gasteiger partial charge in [-0.2, -0.15) is 4.98 Å². The fourth-order valence-corrected chi connectivity index (χ4v) is 2.19. The van der Waals surface area contributed by atoms with E-state index in [-0.39, 0.29) is 0 Å². The van der Waals surface area contributed by atoms with Crippen LogP contribution in [0.15, 0.2) is 34.0 Å². The van der Waals surface area contributed by atoms with Gasteiger partial charge >= 0.3 is 0 Å². The maximum absolute atomic E-state index is 5.24. The zero-order valence-corrected chi connectivity index (χ0v) is 14.8. The van der Waals surface area contributed by atoms with Crippen molar-refractivity contribution in [3.8, 4) is 0 Å². The lowest BCUT2D eigenvalue weighted by Gasteiger charge is -2.11. The van der Waals surface area contributed by atoms with Crippen molar-refractivity contribution in [1.29, 1.82) is 0 Å². The topological polar surface area (TPSA) is 80.3 Å². The normalized spacial score (nSPS) is 11.9. The second-order valence-electron chi connectivity index (χ2n) is 5.91. The van der Waals surface area contributed by atoms with Crippen molar-refractivity contribution in [3.63, 3.8) is 0 Å². The largest absolute Gasteiger partial charge is 0.357 e. The van der Waals surface area contributed by atoms with E-state index in [9.17, 15) is 0 Å². The van der Waals surface area contributed by atoms with Gasteiger partial charge in [0.2, 0.25) is 5.89 Å². The van der Waals surface area contributed by atoms with E-state index in [4.69, 9.17) is 4.52 Å². The van der Waals surface area contributed by atoms with Crippen LogP contribution < -0.4 is 10.6 Å². The van der Waals surface area contributed by atoms with Crippen LogP contribution in [0.25, 0.3) is 0 Å². The van der Waals surface area contributed by atoms with Gasteiger partial charge in [-0.25, -0.2) is 0 Å². The first-order valence-corrected chi connectivity index (χ1v) is 8.64. The summed E-state index contributed by atoms with van der Waals surface area (Å²) in [6, 6.07) is 4.06. The Kier molecular flexibility index (Phi) is 7.32. The lowest BCUT2D eigenvalue weighted by molar-refractivity contribution is 0.369. The van der Waals surface area contributed by atoms with E-state index in [1.807, 2.05) is 12.1 Å². The highest BCUT2D eigenvalue weighted by Gasteiger charge is 2.08. The lowest BCUT2D eigenvalue weighted by Crippen LogP contribution is -2.38. The molecule has 24 heavy (non-hydrogen) atoms. The molecule has 0 radical (unpaired) electrons. The third-order valence-corrected chi connectivity index (χ3v) is 3.49. The monoisotopic (exact) mass is 332 g/mol. The Morgan fingerprint density at radius 2 is 2.08 bits per heavy atom. The molecule has 0 aromatic carbocycles. The van der Waals surface area contributed by atoms with Crippen LogP contribution in [0.3, 0.4) is 0 Å². The number of nitrogens with one attached hydrogen (secondary N) is 2. The minimum Gasteiger partial charge on any atom is -0.357 e. The molecule has 2 heterocycles. The summed E-state index contributed by atoms with van der Waals surface area (Å²) in [5.74, 6) is 2.61. The minimum atomic E-state index is 0.297. The molecule has 2 aromatic heterocycles. The molecule has 0 unspecified atom stereocenters. The van der Waals surface area contributed by atoms with E-state index in [0.717, 1.165) is 50.8 Å². The predicted molar refractivity (Wildman–Crippen MR) is 95.1 cm³/mol. The highest BCUT2D eigenvalue weighted by atomic mass is 16.5. The Hall–Kier alpha value is -2.31. The molecule has 0 aliphatic rings. The zero-order chi connectivity index (χ0) is 17.2. The molecule has 0 saturated heterocycles. The van der Waals surface area contributed by atoms with Crippen molar-refractivity contribution < 1.29 is 4.52 Å². The Bertz CT molecular complexity index is 602. The van der Waals surface area contributed by atoms with Crippen LogP contribution in [-0.4, -0.2) is 40.3 Å². The third-order valence-electron chi connectivity index (χ3n) is 3.49. The second kappa shape index (κ2) is 9.75. The predicted octanol–water partition coefficient (Wildman–Crippen LogP) is 2.18. The molecule has 2 aromatic rings. The number of guanidine groups is 1. The summed E-state index contributed by atoms with van der Waals surface area (Å²) in [7, 11) is 0. The van der Waals surface area contributed by atoms with Crippen molar-refractivity contribution >= 4 is 5.96 Å². The second-order valence-corrected chi connectivity index (χ2v) is 5.91. The van der Waals surface area contributed by atoms with Crippen molar-refractivity contribution in [3.05, 3.63) is 36.2 Å². The van der Waals surface area contributed by atoms with Gasteiger partial charge in [-0.05, 0) is 25.5 Å². The molecule has 2 N–H and O–H groups in total. The number of nitrogens with zero attached hydrogens (tertiary/aromatic N) is 4. The first kappa shape index (κ1) is 18.0. The van der Waals surface area contributed by atoms with Crippen LogP contribution in [0.2, 0.25) is 0 Å². The number of aliphatic imine (C=N–C) groups is 1. The van der Waals surface area contributed by atoms with E-state index in [0.29, 0.717) is 11.8 Å². The minimum absolute atomic E-state index is 0.297. The molecule has 0 atom stereocenters. The standard InChI is InChI=1S/C17H28N6O/c1-4-18-17(20-10-13-23-11-5-6-12-23)19-9-7-8-15-21-16(14(2)3)22-24-15/h5-6,11-12,14H,4,7-10,13H2,1-3H3,(H2,18,19,20). The Labute approximate surface area is 143 Å². The van der Waals surface area contributed by atoms with Gasteiger partial charge in [-0.3, -0.25) is 4.99 Å². The van der Waals surface area contributed by atoms with E-state index in [1.165, 1.54) is 0 Å². The van der Waals surface area contributed by atoms with Crippen LogP contribution in [-0.2, 0) is 13.0 Å². The quantitative estimate of drug-likeness (QED) is 0.418.